The number of nitro benzene ring substituents is 1. The van der Waals surface area contributed by atoms with Crippen molar-refractivity contribution in [1.29, 1.82) is 0 Å². The van der Waals surface area contributed by atoms with Gasteiger partial charge in [0.25, 0.3) is 5.69 Å². The monoisotopic (exact) mass is 339 g/mol. The number of halogens is 1. The normalized spacial score (nSPS) is 10.7. The molecular formula is C14H14ClN3O3S. The van der Waals surface area contributed by atoms with E-state index in [0.29, 0.717) is 16.6 Å². The Balaban J connectivity index is 1.89. The molecule has 22 heavy (non-hydrogen) atoms. The van der Waals surface area contributed by atoms with Crippen LogP contribution in [0.4, 0.5) is 11.4 Å². The summed E-state index contributed by atoms with van der Waals surface area (Å²) in [6.07, 6.45) is 0. The topological polar surface area (TPSA) is 75.5 Å². The predicted molar refractivity (Wildman–Crippen MR) is 87.4 cm³/mol. The van der Waals surface area contributed by atoms with Crippen molar-refractivity contribution >= 4 is 40.2 Å². The van der Waals surface area contributed by atoms with Gasteiger partial charge in [0.1, 0.15) is 0 Å². The molecule has 0 spiro atoms. The molecule has 116 valence electrons. The van der Waals surface area contributed by atoms with E-state index in [2.05, 4.69) is 5.32 Å². The van der Waals surface area contributed by atoms with E-state index in [4.69, 9.17) is 11.6 Å². The average molecular weight is 340 g/mol. The van der Waals surface area contributed by atoms with Gasteiger partial charge in [-0.1, -0.05) is 17.7 Å². The minimum absolute atomic E-state index is 0.0561. The van der Waals surface area contributed by atoms with Crippen molar-refractivity contribution in [3.63, 3.8) is 0 Å². The number of carbonyl (C=O) groups is 1. The lowest BCUT2D eigenvalue weighted by Gasteiger charge is -2.15. The zero-order valence-electron chi connectivity index (χ0n) is 11.8. The maximum Gasteiger partial charge on any atom is 0.271 e. The second-order valence-electron chi connectivity index (χ2n) is 4.73. The van der Waals surface area contributed by atoms with Gasteiger partial charge >= 0.3 is 0 Å². The molecule has 2 aromatic rings. The molecular weight excluding hydrogens is 326 g/mol. The third kappa shape index (κ3) is 4.80. The third-order valence-corrected chi connectivity index (χ3v) is 4.02. The molecule has 0 unspecified atom stereocenters. The van der Waals surface area contributed by atoms with Crippen molar-refractivity contribution in [3.8, 4) is 0 Å². The summed E-state index contributed by atoms with van der Waals surface area (Å²) < 4.78 is 0.712. The quantitative estimate of drug-likeness (QED) is 0.646. The zero-order chi connectivity index (χ0) is 16.1. The standard InChI is InChI=1S/C14H14ClN3O3S/c1-17(8-12-5-6-13(15)22-12)9-14(19)16-10-3-2-4-11(7-10)18(20)21/h2-7H,8-9H2,1H3,(H,16,19). The molecule has 0 aliphatic rings. The summed E-state index contributed by atoms with van der Waals surface area (Å²) in [5.41, 5.74) is 0.353. The lowest BCUT2D eigenvalue weighted by Crippen LogP contribution is -2.29. The molecule has 1 heterocycles. The van der Waals surface area contributed by atoms with E-state index in [0.717, 1.165) is 4.88 Å². The van der Waals surface area contributed by atoms with Crippen molar-refractivity contribution in [3.05, 3.63) is 55.7 Å². The van der Waals surface area contributed by atoms with Crippen LogP contribution >= 0.6 is 22.9 Å². The number of hydrogen-bond acceptors (Lipinski definition) is 5. The van der Waals surface area contributed by atoms with Gasteiger partial charge in [-0.3, -0.25) is 19.8 Å². The number of nitrogens with zero attached hydrogens (tertiary/aromatic N) is 2. The Kier molecular flexibility index (Phi) is 5.48. The molecule has 1 N–H and O–H groups in total. The number of nitro groups is 1. The molecule has 1 amide bonds. The van der Waals surface area contributed by atoms with Crippen LogP contribution < -0.4 is 5.32 Å². The molecule has 6 nitrogen and oxygen atoms in total. The number of likely N-dealkylation sites (N-methyl/N-ethyl adjacent to an activating group) is 1. The van der Waals surface area contributed by atoms with E-state index in [-0.39, 0.29) is 18.1 Å². The van der Waals surface area contributed by atoms with Crippen LogP contribution in [0.3, 0.4) is 0 Å². The number of thiophene rings is 1. The zero-order valence-corrected chi connectivity index (χ0v) is 13.4. The van der Waals surface area contributed by atoms with Crippen molar-refractivity contribution in [2.75, 3.05) is 18.9 Å². The second-order valence-corrected chi connectivity index (χ2v) is 6.53. The van der Waals surface area contributed by atoms with Crippen molar-refractivity contribution in [2.45, 2.75) is 6.54 Å². The molecule has 0 atom stereocenters. The highest BCUT2D eigenvalue weighted by atomic mass is 35.5. The Morgan fingerprint density at radius 3 is 2.82 bits per heavy atom. The fraction of sp³-hybridized carbons (Fsp3) is 0.214. The molecule has 2 rings (SSSR count). The third-order valence-electron chi connectivity index (χ3n) is 2.81. The van der Waals surface area contributed by atoms with E-state index in [1.807, 2.05) is 24.1 Å². The van der Waals surface area contributed by atoms with Crippen LogP contribution in [-0.4, -0.2) is 29.3 Å². The van der Waals surface area contributed by atoms with Crippen LogP contribution in [-0.2, 0) is 11.3 Å². The predicted octanol–water partition coefficient (Wildman–Crippen LogP) is 3.38. The van der Waals surface area contributed by atoms with Crippen LogP contribution in [0.5, 0.6) is 0 Å². The van der Waals surface area contributed by atoms with E-state index in [1.54, 1.807) is 6.07 Å². The number of hydrogen-bond donors (Lipinski definition) is 1. The van der Waals surface area contributed by atoms with Gasteiger partial charge < -0.3 is 5.32 Å². The molecule has 8 heteroatoms. The fourth-order valence-corrected chi connectivity index (χ4v) is 3.07. The molecule has 0 radical (unpaired) electrons. The summed E-state index contributed by atoms with van der Waals surface area (Å²) in [7, 11) is 1.82. The Morgan fingerprint density at radius 2 is 2.18 bits per heavy atom. The number of amides is 1. The van der Waals surface area contributed by atoms with Crippen LogP contribution in [0.15, 0.2) is 36.4 Å². The molecule has 0 saturated carbocycles. The number of carbonyl (C=O) groups excluding carboxylic acids is 1. The lowest BCUT2D eigenvalue weighted by atomic mass is 10.3. The molecule has 0 saturated heterocycles. The molecule has 0 aliphatic carbocycles. The lowest BCUT2D eigenvalue weighted by molar-refractivity contribution is -0.384. The highest BCUT2D eigenvalue weighted by molar-refractivity contribution is 7.16. The van der Waals surface area contributed by atoms with Crippen LogP contribution in [0, 0.1) is 10.1 Å². The molecule has 1 aromatic carbocycles. The first-order valence-corrected chi connectivity index (χ1v) is 7.60. The fourth-order valence-electron chi connectivity index (χ4n) is 1.90. The minimum atomic E-state index is -0.498. The van der Waals surface area contributed by atoms with Gasteiger partial charge in [-0.15, -0.1) is 11.3 Å². The summed E-state index contributed by atoms with van der Waals surface area (Å²) in [5, 5.41) is 13.3. The Hall–Kier alpha value is -1.96. The highest BCUT2D eigenvalue weighted by Gasteiger charge is 2.11. The number of nitrogens with one attached hydrogen (secondary N) is 1. The van der Waals surface area contributed by atoms with E-state index in [9.17, 15) is 14.9 Å². The molecule has 0 fully saturated rings. The van der Waals surface area contributed by atoms with Crippen molar-refractivity contribution in [2.24, 2.45) is 0 Å². The maximum absolute atomic E-state index is 12.0. The summed E-state index contributed by atoms with van der Waals surface area (Å²) >= 11 is 7.33. The first-order chi connectivity index (χ1) is 10.4. The smallest absolute Gasteiger partial charge is 0.271 e. The number of benzene rings is 1. The maximum atomic E-state index is 12.0. The van der Waals surface area contributed by atoms with E-state index in [1.165, 1.54) is 29.5 Å². The summed E-state index contributed by atoms with van der Waals surface area (Å²) in [6, 6.07) is 9.59. The number of anilines is 1. The second kappa shape index (κ2) is 7.35. The Bertz CT molecular complexity index is 689. The number of rotatable bonds is 6. The average Bonchev–Trinajstić information content (AvgIpc) is 2.83. The van der Waals surface area contributed by atoms with Gasteiger partial charge in [-0.25, -0.2) is 0 Å². The Labute approximate surface area is 136 Å². The summed E-state index contributed by atoms with van der Waals surface area (Å²) in [5.74, 6) is -0.231. The van der Waals surface area contributed by atoms with Gasteiger partial charge in [0.2, 0.25) is 5.91 Å². The first-order valence-electron chi connectivity index (χ1n) is 6.41. The van der Waals surface area contributed by atoms with Gasteiger partial charge in [0.15, 0.2) is 0 Å². The van der Waals surface area contributed by atoms with Crippen LogP contribution in [0.2, 0.25) is 4.34 Å². The largest absolute Gasteiger partial charge is 0.325 e. The summed E-state index contributed by atoms with van der Waals surface area (Å²) in [6.45, 7) is 0.790. The van der Waals surface area contributed by atoms with Crippen molar-refractivity contribution < 1.29 is 9.72 Å². The van der Waals surface area contributed by atoms with Crippen LogP contribution in [0.25, 0.3) is 0 Å². The van der Waals surface area contributed by atoms with Gasteiger partial charge in [-0.2, -0.15) is 0 Å². The van der Waals surface area contributed by atoms with Gasteiger partial charge in [-0.05, 0) is 25.2 Å². The van der Waals surface area contributed by atoms with Crippen molar-refractivity contribution in [1.82, 2.24) is 4.90 Å². The number of non-ortho nitro benzene ring substituents is 1. The summed E-state index contributed by atoms with van der Waals surface area (Å²) in [4.78, 5) is 25.1. The SMILES string of the molecule is CN(CC(=O)Nc1cccc([N+](=O)[O-])c1)Cc1ccc(Cl)s1. The Morgan fingerprint density at radius 1 is 1.41 bits per heavy atom. The van der Waals surface area contributed by atoms with E-state index < -0.39 is 4.92 Å². The molecule has 1 aromatic heterocycles. The van der Waals surface area contributed by atoms with Crippen LogP contribution in [0.1, 0.15) is 4.88 Å². The highest BCUT2D eigenvalue weighted by Crippen LogP contribution is 2.22. The first kappa shape index (κ1) is 16.4. The van der Waals surface area contributed by atoms with Gasteiger partial charge in [0.05, 0.1) is 15.8 Å². The minimum Gasteiger partial charge on any atom is -0.325 e. The van der Waals surface area contributed by atoms with Gasteiger partial charge in [0, 0.05) is 29.2 Å². The van der Waals surface area contributed by atoms with E-state index >= 15 is 0 Å². The molecule has 0 bridgehead atoms. The molecule has 0 aliphatic heterocycles.